The Morgan fingerprint density at radius 1 is 0.495 bits per heavy atom. The Balaban J connectivity index is 0.000000151. The highest BCUT2D eigenvalue weighted by Gasteiger charge is 2.50. The fourth-order valence-corrected chi connectivity index (χ4v) is 13.4. The molecule has 0 spiro atoms. The number of rotatable bonds is 12. The number of H-pyrrole nitrogens is 1. The second kappa shape index (κ2) is 27.0. The topological polar surface area (TPSA) is 321 Å². The standard InChI is InChI=1S/C26H30FN7O2.C24H28FN5O3.C21H25FN6O2/c1-14-9-18(32-34-13-15(2)29-24(14)34)16-10-19(35)22(28-12-16)17-7-8-21(31-30-17)36-20-11-25(3,4)33-26(5,6)23(20)27;1-23(2)12-18(22(25)24(3,4)29-23)33-19-7-6-16(27-28-19)21-17(31)10-15(13-26-21)14-8-9-30(5)20(32)11-14;1-20(2)8-16(19(22)21(3,4)28-20)30-17-6-5-14(26-27-17)18-15(29)7-12(9-23-18)13-10-24-25-11-13/h7-10,12-13,20,23,33,35H,11H2,1-6H3;6-11,13,18,22,29,31H,12H2,1-5H3;5-7,9-11,16,19,28-29H,8H2,1-4H3,(H,24,25)/t20-,23-;18-,22-;16-,19-/m001/s1. The molecule has 7 N–H and O–H groups in total. The van der Waals surface area contributed by atoms with Crippen LogP contribution >= 0.6 is 0 Å². The fourth-order valence-electron chi connectivity index (χ4n) is 13.4. The summed E-state index contributed by atoms with van der Waals surface area (Å²) in [6, 6.07) is 19.6. The van der Waals surface area contributed by atoms with Crippen LogP contribution in [0.25, 0.3) is 73.3 Å². The van der Waals surface area contributed by atoms with Gasteiger partial charge in [-0.2, -0.15) is 10.2 Å². The molecule has 13 rings (SSSR count). The third-order valence-electron chi connectivity index (χ3n) is 17.5. The van der Waals surface area contributed by atoms with E-state index < -0.39 is 53.4 Å². The highest BCUT2D eigenvalue weighted by molar-refractivity contribution is 5.72. The fraction of sp³-hybridized carbons (Fsp3) is 0.423. The van der Waals surface area contributed by atoms with Crippen molar-refractivity contribution in [1.29, 1.82) is 0 Å². The number of ether oxygens (including phenoxy) is 3. The van der Waals surface area contributed by atoms with Crippen LogP contribution < -0.4 is 35.7 Å². The summed E-state index contributed by atoms with van der Waals surface area (Å²) in [7, 11) is 1.66. The molecular formula is C71H83F3N18O7. The van der Waals surface area contributed by atoms with Gasteiger partial charge in [0.1, 0.15) is 69.7 Å². The maximum atomic E-state index is 15.1. The number of aromatic nitrogens is 15. The van der Waals surface area contributed by atoms with Gasteiger partial charge in [-0.15, -0.1) is 30.6 Å². The Morgan fingerprint density at radius 3 is 1.27 bits per heavy atom. The van der Waals surface area contributed by atoms with Gasteiger partial charge < -0.3 is 50.0 Å². The van der Waals surface area contributed by atoms with Gasteiger partial charge in [0.2, 0.25) is 17.6 Å². The summed E-state index contributed by atoms with van der Waals surface area (Å²) < 4.78 is 65.7. The van der Waals surface area contributed by atoms with Crippen molar-refractivity contribution in [2.45, 2.75) is 186 Å². The molecule has 520 valence electrons. The molecule has 0 aliphatic carbocycles. The van der Waals surface area contributed by atoms with Crippen LogP contribution in [0.5, 0.6) is 34.9 Å². The lowest BCUT2D eigenvalue weighted by Crippen LogP contribution is -2.66. The van der Waals surface area contributed by atoms with Crippen LogP contribution in [-0.2, 0) is 7.05 Å². The second-order valence-electron chi connectivity index (χ2n) is 29.2. The molecule has 0 saturated carbocycles. The van der Waals surface area contributed by atoms with Gasteiger partial charge in [0.05, 0.1) is 23.8 Å². The third kappa shape index (κ3) is 15.9. The molecule has 0 amide bonds. The Morgan fingerprint density at radius 2 is 0.899 bits per heavy atom. The molecule has 10 aromatic heterocycles. The summed E-state index contributed by atoms with van der Waals surface area (Å²) >= 11 is 0. The van der Waals surface area contributed by atoms with E-state index in [9.17, 15) is 28.9 Å². The molecule has 28 heteroatoms. The first-order valence-corrected chi connectivity index (χ1v) is 32.4. The maximum Gasteiger partial charge on any atom is 0.250 e. The predicted molar refractivity (Wildman–Crippen MR) is 366 cm³/mol. The van der Waals surface area contributed by atoms with Gasteiger partial charge in [0.15, 0.2) is 24.2 Å². The zero-order valence-electron chi connectivity index (χ0n) is 57.9. The summed E-state index contributed by atoms with van der Waals surface area (Å²) in [5, 5.41) is 77.4. The first-order chi connectivity index (χ1) is 46.5. The molecule has 0 bridgehead atoms. The van der Waals surface area contributed by atoms with E-state index in [-0.39, 0.29) is 68.5 Å². The van der Waals surface area contributed by atoms with Gasteiger partial charge in [-0.1, -0.05) is 0 Å². The van der Waals surface area contributed by atoms with Crippen LogP contribution in [0.3, 0.4) is 0 Å². The molecule has 25 nitrogen and oxygen atoms in total. The summed E-state index contributed by atoms with van der Waals surface area (Å²) in [6.07, 6.45) is 7.53. The van der Waals surface area contributed by atoms with Crippen LogP contribution in [0.15, 0.2) is 121 Å². The average molecular weight is 1360 g/mol. The van der Waals surface area contributed by atoms with Crippen LogP contribution in [0, 0.1) is 13.8 Å². The Bertz CT molecular complexity index is 4590. The second-order valence-corrected chi connectivity index (χ2v) is 29.2. The van der Waals surface area contributed by atoms with Crippen molar-refractivity contribution in [3.8, 4) is 103 Å². The molecule has 3 aliphatic rings. The van der Waals surface area contributed by atoms with E-state index >= 15 is 4.39 Å². The highest BCUT2D eigenvalue weighted by Crippen LogP contribution is 2.39. The number of imidazole rings is 1. The van der Waals surface area contributed by atoms with Crippen molar-refractivity contribution in [1.82, 2.24) is 90.9 Å². The van der Waals surface area contributed by atoms with Crippen molar-refractivity contribution in [3.05, 3.63) is 138 Å². The molecule has 10 aromatic rings. The number of halogens is 3. The lowest BCUT2D eigenvalue weighted by molar-refractivity contribution is -0.0283. The van der Waals surface area contributed by atoms with E-state index in [4.69, 9.17) is 14.2 Å². The Hall–Kier alpha value is -10.1. The van der Waals surface area contributed by atoms with Gasteiger partial charge in [-0.25, -0.2) is 37.6 Å². The van der Waals surface area contributed by atoms with Gasteiger partial charge in [0, 0.05) is 137 Å². The first kappa shape index (κ1) is 70.3. The van der Waals surface area contributed by atoms with E-state index in [1.807, 2.05) is 109 Å². The largest absolute Gasteiger partial charge is 0.506 e. The summed E-state index contributed by atoms with van der Waals surface area (Å²) in [6.45, 7) is 26.9. The van der Waals surface area contributed by atoms with Crippen LogP contribution in [0.1, 0.15) is 114 Å². The molecule has 3 fully saturated rings. The number of hydrogen-bond acceptors (Lipinski definition) is 22. The molecule has 3 aliphatic heterocycles. The minimum absolute atomic E-state index is 0.0256. The number of fused-ring (bicyclic) bond motifs is 1. The normalized spacial score (nSPS) is 21.6. The number of aromatic hydroxyl groups is 3. The van der Waals surface area contributed by atoms with E-state index in [2.05, 4.69) is 81.8 Å². The van der Waals surface area contributed by atoms with Crippen LogP contribution in [-0.4, -0.2) is 160 Å². The molecule has 99 heavy (non-hydrogen) atoms. The number of nitrogens with one attached hydrogen (secondary N) is 4. The van der Waals surface area contributed by atoms with E-state index in [0.717, 1.165) is 28.0 Å². The molecular weight excluding hydrogens is 1270 g/mol. The average Bonchev–Trinajstić information content (AvgIpc) is 1.58. The van der Waals surface area contributed by atoms with Crippen molar-refractivity contribution in [2.24, 2.45) is 7.05 Å². The van der Waals surface area contributed by atoms with Crippen molar-refractivity contribution in [3.63, 3.8) is 0 Å². The number of pyridine rings is 4. The molecule has 6 atom stereocenters. The number of nitrogens with zero attached hydrogens (tertiary/aromatic N) is 14. The van der Waals surface area contributed by atoms with Crippen molar-refractivity contribution in [2.75, 3.05) is 0 Å². The summed E-state index contributed by atoms with van der Waals surface area (Å²) in [5.41, 5.74) is 5.50. The third-order valence-corrected chi connectivity index (χ3v) is 17.5. The van der Waals surface area contributed by atoms with E-state index in [1.54, 1.807) is 103 Å². The van der Waals surface area contributed by atoms with E-state index in [1.165, 1.54) is 16.7 Å². The number of piperidine rings is 3. The lowest BCUT2D eigenvalue weighted by Gasteiger charge is -2.48. The smallest absolute Gasteiger partial charge is 0.250 e. The molecule has 13 heterocycles. The maximum absolute atomic E-state index is 15.1. The van der Waals surface area contributed by atoms with Crippen LogP contribution in [0.4, 0.5) is 13.2 Å². The number of aryl methyl sites for hydroxylation is 3. The number of aromatic amines is 1. The minimum atomic E-state index is -1.22. The number of alkyl halides is 3. The molecule has 0 aromatic carbocycles. The molecule has 3 saturated heterocycles. The van der Waals surface area contributed by atoms with Gasteiger partial charge >= 0.3 is 0 Å². The predicted octanol–water partition coefficient (Wildman–Crippen LogP) is 10.7. The summed E-state index contributed by atoms with van der Waals surface area (Å²) in [5.74, 6) is 0.483. The highest BCUT2D eigenvalue weighted by atomic mass is 19.1. The van der Waals surface area contributed by atoms with Gasteiger partial charge in [0.25, 0.3) is 5.56 Å². The Kier molecular flexibility index (Phi) is 19.2. The lowest BCUT2D eigenvalue weighted by atomic mass is 9.79. The van der Waals surface area contributed by atoms with Gasteiger partial charge in [-0.05, 0) is 157 Å². The van der Waals surface area contributed by atoms with Gasteiger partial charge in [-0.3, -0.25) is 9.89 Å². The SMILES string of the molecule is CC1(C)C[C@@H](Oc2ccc(-c3ncc(-c4cn[nH]c4)cc3O)nn2)[C@@H](F)C(C)(C)N1.Cc1cn2nc(-c3cnc(-c4ccc(O[C@H]5CC(C)(C)NC(C)(C)[C@H]5F)nn4)c(O)c3)cc(C)c2n1.Cn1ccc(-c2cnc(-c3ccc(O[C@H]4CC(C)(C)NC(C)(C)[C@H]4F)nn3)c(O)c2)cc1=O. The quantitative estimate of drug-likeness (QED) is 0.0598. The van der Waals surface area contributed by atoms with E-state index in [0.29, 0.717) is 64.4 Å². The van der Waals surface area contributed by atoms with Crippen molar-refractivity contribution < 1.29 is 42.7 Å². The minimum Gasteiger partial charge on any atom is -0.506 e. The molecule has 0 radical (unpaired) electrons. The van der Waals surface area contributed by atoms with Crippen LogP contribution in [0.2, 0.25) is 0 Å². The summed E-state index contributed by atoms with van der Waals surface area (Å²) in [4.78, 5) is 29.4. The van der Waals surface area contributed by atoms with Crippen molar-refractivity contribution >= 4 is 5.65 Å². The monoisotopic (exact) mass is 1360 g/mol. The zero-order valence-corrected chi connectivity index (χ0v) is 57.9. The number of hydrogen-bond donors (Lipinski definition) is 7. The first-order valence-electron chi connectivity index (χ1n) is 32.4. The molecule has 0 unspecified atom stereocenters. The zero-order chi connectivity index (χ0) is 71.3. The Labute approximate surface area is 570 Å².